The molecule has 1 amide bonds. The molecular weight excluding hydrogens is 426 g/mol. The molecule has 0 aliphatic heterocycles. The standard InChI is InChI=1S/C27H31N5O2/c1-8-22(26(33)28-24-17(4)13-16(3)14-18(24)5)32-27(34)25-23(19(6)29-32)20(7)31(30-25)21-11-9-15(2)10-12-21/h9-14,22H,8H2,1-7H3,(H,28,33). The molecule has 34 heavy (non-hydrogen) atoms. The molecule has 0 radical (unpaired) electrons. The summed E-state index contributed by atoms with van der Waals surface area (Å²) in [7, 11) is 0. The molecule has 4 rings (SSSR count). The topological polar surface area (TPSA) is 81.8 Å². The number of aryl methyl sites for hydroxylation is 6. The first-order valence-electron chi connectivity index (χ1n) is 11.6. The normalized spacial score (nSPS) is 12.2. The van der Waals surface area contributed by atoms with E-state index in [9.17, 15) is 9.59 Å². The van der Waals surface area contributed by atoms with Crippen LogP contribution in [-0.4, -0.2) is 25.5 Å². The Morgan fingerprint density at radius 1 is 0.941 bits per heavy atom. The summed E-state index contributed by atoms with van der Waals surface area (Å²) in [5, 5.41) is 13.0. The maximum Gasteiger partial charge on any atom is 0.295 e. The molecule has 0 saturated carbocycles. The number of benzene rings is 2. The number of fused-ring (bicyclic) bond motifs is 1. The van der Waals surface area contributed by atoms with Crippen molar-refractivity contribution < 1.29 is 4.79 Å². The first-order chi connectivity index (χ1) is 16.1. The summed E-state index contributed by atoms with van der Waals surface area (Å²) in [5.41, 5.74) is 7.37. The lowest BCUT2D eigenvalue weighted by atomic mass is 10.0. The number of hydrogen-bond donors (Lipinski definition) is 1. The molecule has 0 fully saturated rings. The van der Waals surface area contributed by atoms with Gasteiger partial charge in [0.15, 0.2) is 5.52 Å². The van der Waals surface area contributed by atoms with Crippen molar-refractivity contribution in [3.63, 3.8) is 0 Å². The van der Waals surface area contributed by atoms with E-state index in [1.165, 1.54) is 4.68 Å². The molecule has 7 nitrogen and oxygen atoms in total. The number of aromatic nitrogens is 4. The van der Waals surface area contributed by atoms with Gasteiger partial charge in [0.05, 0.1) is 22.5 Å². The van der Waals surface area contributed by atoms with E-state index >= 15 is 0 Å². The first-order valence-corrected chi connectivity index (χ1v) is 11.6. The Kier molecular flexibility index (Phi) is 6.13. The van der Waals surface area contributed by atoms with Crippen LogP contribution in [0.1, 0.15) is 53.0 Å². The van der Waals surface area contributed by atoms with Crippen LogP contribution < -0.4 is 10.9 Å². The van der Waals surface area contributed by atoms with Gasteiger partial charge in [0, 0.05) is 5.69 Å². The van der Waals surface area contributed by atoms with Crippen LogP contribution in [0.5, 0.6) is 0 Å². The van der Waals surface area contributed by atoms with Gasteiger partial charge in [-0.1, -0.05) is 42.3 Å². The fourth-order valence-electron chi connectivity index (χ4n) is 4.65. The van der Waals surface area contributed by atoms with Crippen molar-refractivity contribution in [2.75, 3.05) is 5.32 Å². The van der Waals surface area contributed by atoms with Gasteiger partial charge in [-0.3, -0.25) is 9.59 Å². The maximum atomic E-state index is 13.5. The summed E-state index contributed by atoms with van der Waals surface area (Å²) in [6.45, 7) is 13.7. The van der Waals surface area contributed by atoms with Crippen molar-refractivity contribution in [3.8, 4) is 5.69 Å². The average Bonchev–Trinajstić information content (AvgIpc) is 3.13. The monoisotopic (exact) mass is 457 g/mol. The van der Waals surface area contributed by atoms with Gasteiger partial charge < -0.3 is 5.32 Å². The molecule has 2 aromatic carbocycles. The second-order valence-corrected chi connectivity index (χ2v) is 9.08. The lowest BCUT2D eigenvalue weighted by Crippen LogP contribution is -2.35. The number of carbonyl (C=O) groups excluding carboxylic acids is 1. The number of rotatable bonds is 5. The van der Waals surface area contributed by atoms with Gasteiger partial charge in [0.2, 0.25) is 5.91 Å². The van der Waals surface area contributed by atoms with Gasteiger partial charge in [-0.05, 0) is 71.2 Å². The molecule has 0 spiro atoms. The molecule has 4 aromatic rings. The number of amides is 1. The molecule has 2 heterocycles. The summed E-state index contributed by atoms with van der Waals surface area (Å²) >= 11 is 0. The molecule has 176 valence electrons. The maximum absolute atomic E-state index is 13.5. The number of hydrogen-bond acceptors (Lipinski definition) is 4. The third-order valence-electron chi connectivity index (χ3n) is 6.33. The Labute approximate surface area is 199 Å². The van der Waals surface area contributed by atoms with Gasteiger partial charge >= 0.3 is 0 Å². The van der Waals surface area contributed by atoms with Crippen LogP contribution in [0.4, 0.5) is 5.69 Å². The zero-order valence-electron chi connectivity index (χ0n) is 20.9. The molecule has 0 bridgehead atoms. The molecule has 1 N–H and O–H groups in total. The summed E-state index contributed by atoms with van der Waals surface area (Å²) in [5.74, 6) is -0.263. The van der Waals surface area contributed by atoms with Crippen LogP contribution >= 0.6 is 0 Å². The SMILES string of the molecule is CCC(C(=O)Nc1c(C)cc(C)cc1C)n1nc(C)c2c(C)n(-c3ccc(C)cc3)nc2c1=O. The van der Waals surface area contributed by atoms with Gasteiger partial charge in [-0.2, -0.15) is 10.2 Å². The van der Waals surface area contributed by atoms with Gasteiger partial charge in [-0.15, -0.1) is 0 Å². The Balaban J connectivity index is 1.79. The predicted molar refractivity (Wildman–Crippen MR) is 136 cm³/mol. The van der Waals surface area contributed by atoms with Crippen LogP contribution in [0.15, 0.2) is 41.2 Å². The Morgan fingerprint density at radius 2 is 1.56 bits per heavy atom. The molecule has 0 saturated heterocycles. The Morgan fingerprint density at radius 3 is 2.15 bits per heavy atom. The van der Waals surface area contributed by atoms with Crippen LogP contribution in [0.2, 0.25) is 0 Å². The number of anilines is 1. The minimum Gasteiger partial charge on any atom is -0.324 e. The van der Waals surface area contributed by atoms with Crippen molar-refractivity contribution in [3.05, 3.63) is 80.4 Å². The minimum absolute atomic E-state index is 0.263. The highest BCUT2D eigenvalue weighted by Gasteiger charge is 2.26. The van der Waals surface area contributed by atoms with E-state index in [2.05, 4.69) is 15.5 Å². The molecular formula is C27H31N5O2. The molecule has 2 aromatic heterocycles. The molecule has 7 heteroatoms. The number of nitrogens with zero attached hydrogens (tertiary/aromatic N) is 4. The van der Waals surface area contributed by atoms with E-state index < -0.39 is 6.04 Å². The van der Waals surface area contributed by atoms with Crippen molar-refractivity contribution in [2.45, 2.75) is 60.9 Å². The zero-order chi connectivity index (χ0) is 24.7. The third kappa shape index (κ3) is 4.02. The second kappa shape index (κ2) is 8.89. The van der Waals surface area contributed by atoms with E-state index in [4.69, 9.17) is 0 Å². The largest absolute Gasteiger partial charge is 0.324 e. The van der Waals surface area contributed by atoms with E-state index in [1.807, 2.05) is 84.9 Å². The van der Waals surface area contributed by atoms with Gasteiger partial charge in [0.25, 0.3) is 5.56 Å². The average molecular weight is 458 g/mol. The third-order valence-corrected chi connectivity index (χ3v) is 6.33. The van der Waals surface area contributed by atoms with Crippen molar-refractivity contribution in [1.29, 1.82) is 0 Å². The Bertz CT molecular complexity index is 1440. The minimum atomic E-state index is -0.750. The fourth-order valence-corrected chi connectivity index (χ4v) is 4.65. The van der Waals surface area contributed by atoms with E-state index in [0.29, 0.717) is 17.6 Å². The number of nitrogens with one attached hydrogen (secondary N) is 1. The summed E-state index contributed by atoms with van der Waals surface area (Å²) in [6, 6.07) is 11.3. The van der Waals surface area contributed by atoms with Crippen molar-refractivity contribution >= 4 is 22.5 Å². The molecule has 1 atom stereocenters. The summed E-state index contributed by atoms with van der Waals surface area (Å²) in [4.78, 5) is 26.8. The van der Waals surface area contributed by atoms with Gasteiger partial charge in [0.1, 0.15) is 6.04 Å². The molecule has 0 aliphatic rings. The lowest BCUT2D eigenvalue weighted by molar-refractivity contribution is -0.119. The highest BCUT2D eigenvalue weighted by Crippen LogP contribution is 2.25. The van der Waals surface area contributed by atoms with E-state index in [1.54, 1.807) is 4.68 Å². The van der Waals surface area contributed by atoms with E-state index in [0.717, 1.165) is 44.7 Å². The van der Waals surface area contributed by atoms with Crippen molar-refractivity contribution in [1.82, 2.24) is 19.6 Å². The number of carbonyl (C=O) groups is 1. The van der Waals surface area contributed by atoms with Crippen LogP contribution in [-0.2, 0) is 4.79 Å². The van der Waals surface area contributed by atoms with Crippen LogP contribution in [0.25, 0.3) is 16.6 Å². The quantitative estimate of drug-likeness (QED) is 0.456. The van der Waals surface area contributed by atoms with E-state index in [-0.39, 0.29) is 11.5 Å². The summed E-state index contributed by atoms with van der Waals surface area (Å²) in [6.07, 6.45) is 0.422. The summed E-state index contributed by atoms with van der Waals surface area (Å²) < 4.78 is 3.06. The predicted octanol–water partition coefficient (Wildman–Crippen LogP) is 5.02. The smallest absolute Gasteiger partial charge is 0.295 e. The highest BCUT2D eigenvalue weighted by atomic mass is 16.2. The fraction of sp³-hybridized carbons (Fsp3) is 0.333. The molecule has 1 unspecified atom stereocenters. The second-order valence-electron chi connectivity index (χ2n) is 9.08. The van der Waals surface area contributed by atoms with Crippen molar-refractivity contribution in [2.24, 2.45) is 0 Å². The van der Waals surface area contributed by atoms with Crippen LogP contribution in [0.3, 0.4) is 0 Å². The van der Waals surface area contributed by atoms with Crippen LogP contribution in [0, 0.1) is 41.5 Å². The highest BCUT2D eigenvalue weighted by molar-refractivity contribution is 5.95. The molecule has 0 aliphatic carbocycles. The zero-order valence-corrected chi connectivity index (χ0v) is 20.9. The van der Waals surface area contributed by atoms with Gasteiger partial charge in [-0.25, -0.2) is 9.36 Å². The Hall–Kier alpha value is -3.74. The lowest BCUT2D eigenvalue weighted by Gasteiger charge is -2.19. The first kappa shape index (κ1) is 23.4.